The van der Waals surface area contributed by atoms with Crippen LogP contribution in [0, 0.1) is 0 Å². The maximum absolute atomic E-state index is 8.72. The second-order valence-electron chi connectivity index (χ2n) is 5.29. The van der Waals surface area contributed by atoms with Crippen molar-refractivity contribution in [2.75, 3.05) is 20.8 Å². The Morgan fingerprint density at radius 1 is 1.33 bits per heavy atom. The molecule has 0 aliphatic heterocycles. The van der Waals surface area contributed by atoms with E-state index in [0.29, 0.717) is 24.5 Å². The first-order chi connectivity index (χ1) is 9.93. The number of oxime groups is 1. The number of amidine groups is 1. The molecule has 0 aliphatic rings. The summed E-state index contributed by atoms with van der Waals surface area (Å²) >= 11 is 0. The number of rotatable bonds is 8. The van der Waals surface area contributed by atoms with E-state index in [0.717, 1.165) is 12.0 Å². The fraction of sp³-hybridized carbons (Fsp3) is 0.533. The summed E-state index contributed by atoms with van der Waals surface area (Å²) in [5.41, 5.74) is 6.89. The van der Waals surface area contributed by atoms with E-state index >= 15 is 0 Å². The highest BCUT2D eigenvalue weighted by molar-refractivity contribution is 5.99. The quantitative estimate of drug-likeness (QED) is 0.252. The van der Waals surface area contributed by atoms with E-state index in [1.807, 2.05) is 26.0 Å². The zero-order chi connectivity index (χ0) is 15.9. The van der Waals surface area contributed by atoms with Crippen LogP contribution in [0.3, 0.4) is 0 Å². The minimum absolute atomic E-state index is 0.0150. The standard InChI is InChI=1S/C15H24N2O4/c1-15(2,20-4)7-8-21-10-11-5-6-12(14(16)17-18)13(9-11)19-3/h5-6,9,18H,7-8,10H2,1-4H3,(H2,16,17). The molecule has 0 saturated heterocycles. The zero-order valence-corrected chi connectivity index (χ0v) is 13.0. The summed E-state index contributed by atoms with van der Waals surface area (Å²) in [5.74, 6) is 0.560. The number of hydrogen-bond acceptors (Lipinski definition) is 5. The minimum Gasteiger partial charge on any atom is -0.496 e. The van der Waals surface area contributed by atoms with Gasteiger partial charge in [-0.3, -0.25) is 0 Å². The van der Waals surface area contributed by atoms with Crippen molar-refractivity contribution in [3.05, 3.63) is 29.3 Å². The Bertz CT molecular complexity index is 487. The fourth-order valence-electron chi connectivity index (χ4n) is 1.70. The fourth-order valence-corrected chi connectivity index (χ4v) is 1.70. The summed E-state index contributed by atoms with van der Waals surface area (Å²) in [4.78, 5) is 0. The molecule has 1 aromatic rings. The molecule has 6 heteroatoms. The molecular formula is C15H24N2O4. The van der Waals surface area contributed by atoms with Gasteiger partial charge in [-0.2, -0.15) is 0 Å². The molecule has 118 valence electrons. The number of ether oxygens (including phenoxy) is 3. The Morgan fingerprint density at radius 2 is 2.05 bits per heavy atom. The predicted octanol–water partition coefficient (Wildman–Crippen LogP) is 2.12. The van der Waals surface area contributed by atoms with E-state index in [9.17, 15) is 0 Å². The largest absolute Gasteiger partial charge is 0.496 e. The van der Waals surface area contributed by atoms with Crippen LogP contribution in [0.2, 0.25) is 0 Å². The number of nitrogens with two attached hydrogens (primary N) is 1. The smallest absolute Gasteiger partial charge is 0.173 e. The van der Waals surface area contributed by atoms with Gasteiger partial charge in [0.1, 0.15) is 5.75 Å². The van der Waals surface area contributed by atoms with Crippen LogP contribution in [-0.2, 0) is 16.1 Å². The number of hydrogen-bond donors (Lipinski definition) is 2. The third-order valence-corrected chi connectivity index (χ3v) is 3.32. The third kappa shape index (κ3) is 5.24. The van der Waals surface area contributed by atoms with Crippen molar-refractivity contribution < 1.29 is 19.4 Å². The molecule has 0 radical (unpaired) electrons. The van der Waals surface area contributed by atoms with Gasteiger partial charge in [0, 0.05) is 13.7 Å². The summed E-state index contributed by atoms with van der Waals surface area (Å²) in [6.45, 7) is 5.11. The summed E-state index contributed by atoms with van der Waals surface area (Å²) in [5, 5.41) is 11.7. The van der Waals surface area contributed by atoms with Crippen LogP contribution < -0.4 is 10.5 Å². The van der Waals surface area contributed by atoms with Crippen LogP contribution in [0.15, 0.2) is 23.4 Å². The second-order valence-corrected chi connectivity index (χ2v) is 5.29. The van der Waals surface area contributed by atoms with Crippen molar-refractivity contribution in [3.63, 3.8) is 0 Å². The van der Waals surface area contributed by atoms with Gasteiger partial charge < -0.3 is 25.2 Å². The van der Waals surface area contributed by atoms with Gasteiger partial charge in [0.05, 0.1) is 24.9 Å². The molecule has 0 saturated carbocycles. The Labute approximate surface area is 125 Å². The van der Waals surface area contributed by atoms with E-state index in [2.05, 4.69) is 5.16 Å². The van der Waals surface area contributed by atoms with Crippen molar-refractivity contribution in [2.45, 2.75) is 32.5 Å². The lowest BCUT2D eigenvalue weighted by atomic mass is 10.1. The highest BCUT2D eigenvalue weighted by atomic mass is 16.5. The summed E-state index contributed by atoms with van der Waals surface area (Å²) in [6, 6.07) is 5.41. The molecular weight excluding hydrogens is 272 g/mol. The van der Waals surface area contributed by atoms with Crippen molar-refractivity contribution in [1.29, 1.82) is 0 Å². The van der Waals surface area contributed by atoms with Gasteiger partial charge in [0.15, 0.2) is 5.84 Å². The maximum Gasteiger partial charge on any atom is 0.173 e. The first kappa shape index (κ1) is 17.3. The van der Waals surface area contributed by atoms with Crippen LogP contribution in [0.5, 0.6) is 5.75 Å². The van der Waals surface area contributed by atoms with Crippen LogP contribution in [0.1, 0.15) is 31.4 Å². The lowest BCUT2D eigenvalue weighted by molar-refractivity contribution is -0.0124. The van der Waals surface area contributed by atoms with E-state index < -0.39 is 0 Å². The Hall–Kier alpha value is -1.79. The van der Waals surface area contributed by atoms with Gasteiger partial charge in [-0.1, -0.05) is 11.2 Å². The van der Waals surface area contributed by atoms with Gasteiger partial charge in [-0.05, 0) is 38.0 Å². The molecule has 0 unspecified atom stereocenters. The molecule has 0 fully saturated rings. The molecule has 0 atom stereocenters. The normalized spacial score (nSPS) is 12.5. The molecule has 0 bridgehead atoms. The molecule has 0 heterocycles. The molecule has 0 amide bonds. The average molecular weight is 296 g/mol. The monoisotopic (exact) mass is 296 g/mol. The molecule has 3 N–H and O–H groups in total. The summed E-state index contributed by atoms with van der Waals surface area (Å²) in [6.07, 6.45) is 0.808. The predicted molar refractivity (Wildman–Crippen MR) is 80.9 cm³/mol. The van der Waals surface area contributed by atoms with Gasteiger partial charge >= 0.3 is 0 Å². The molecule has 1 aromatic carbocycles. The van der Waals surface area contributed by atoms with Crippen LogP contribution in [0.4, 0.5) is 0 Å². The van der Waals surface area contributed by atoms with E-state index in [-0.39, 0.29) is 11.4 Å². The Kier molecular flexibility index (Phi) is 6.45. The molecule has 6 nitrogen and oxygen atoms in total. The SMILES string of the molecule is COc1cc(COCCC(C)(C)OC)ccc1/C(N)=N/O. The van der Waals surface area contributed by atoms with E-state index in [1.165, 1.54) is 7.11 Å². The Balaban J connectivity index is 2.61. The highest BCUT2D eigenvalue weighted by Gasteiger charge is 2.15. The molecule has 0 aromatic heterocycles. The molecule has 0 spiro atoms. The van der Waals surface area contributed by atoms with Crippen LogP contribution >= 0.6 is 0 Å². The highest BCUT2D eigenvalue weighted by Crippen LogP contribution is 2.21. The first-order valence-electron chi connectivity index (χ1n) is 6.71. The minimum atomic E-state index is -0.187. The summed E-state index contributed by atoms with van der Waals surface area (Å²) < 4.78 is 16.2. The first-order valence-corrected chi connectivity index (χ1v) is 6.71. The molecule has 21 heavy (non-hydrogen) atoms. The second kappa shape index (κ2) is 7.85. The number of benzene rings is 1. The van der Waals surface area contributed by atoms with E-state index in [1.54, 1.807) is 13.2 Å². The van der Waals surface area contributed by atoms with Crippen LogP contribution in [0.25, 0.3) is 0 Å². The topological polar surface area (TPSA) is 86.3 Å². The average Bonchev–Trinajstić information content (AvgIpc) is 2.50. The van der Waals surface area contributed by atoms with Crippen molar-refractivity contribution in [1.82, 2.24) is 0 Å². The van der Waals surface area contributed by atoms with Crippen molar-refractivity contribution in [3.8, 4) is 5.75 Å². The van der Waals surface area contributed by atoms with Gasteiger partial charge in [-0.25, -0.2) is 0 Å². The van der Waals surface area contributed by atoms with Crippen molar-refractivity contribution >= 4 is 5.84 Å². The number of methoxy groups -OCH3 is 2. The van der Waals surface area contributed by atoms with Crippen LogP contribution in [-0.4, -0.2) is 37.5 Å². The van der Waals surface area contributed by atoms with Gasteiger partial charge in [0.25, 0.3) is 0 Å². The Morgan fingerprint density at radius 3 is 2.62 bits per heavy atom. The van der Waals surface area contributed by atoms with Crippen molar-refractivity contribution in [2.24, 2.45) is 10.9 Å². The molecule has 0 aliphatic carbocycles. The summed E-state index contributed by atoms with van der Waals surface area (Å²) in [7, 11) is 3.23. The van der Waals surface area contributed by atoms with E-state index in [4.69, 9.17) is 25.2 Å². The number of nitrogens with zero attached hydrogens (tertiary/aromatic N) is 1. The zero-order valence-electron chi connectivity index (χ0n) is 13.0. The molecule has 1 rings (SSSR count). The van der Waals surface area contributed by atoms with Gasteiger partial charge in [0.2, 0.25) is 0 Å². The lowest BCUT2D eigenvalue weighted by Crippen LogP contribution is -2.24. The third-order valence-electron chi connectivity index (χ3n) is 3.32. The lowest BCUT2D eigenvalue weighted by Gasteiger charge is -2.22. The van der Waals surface area contributed by atoms with Gasteiger partial charge in [-0.15, -0.1) is 0 Å². The maximum atomic E-state index is 8.72.